The highest BCUT2D eigenvalue weighted by atomic mass is 32.2. The lowest BCUT2D eigenvalue weighted by molar-refractivity contribution is -0.385. The Bertz CT molecular complexity index is 1090. The van der Waals surface area contributed by atoms with E-state index in [1.807, 2.05) is 0 Å². The van der Waals surface area contributed by atoms with Crippen molar-refractivity contribution in [3.63, 3.8) is 0 Å². The smallest absolute Gasteiger partial charge is 0.274 e. The molecule has 0 aliphatic rings. The van der Waals surface area contributed by atoms with Crippen molar-refractivity contribution in [1.82, 2.24) is 14.9 Å². The molecule has 12 heteroatoms. The summed E-state index contributed by atoms with van der Waals surface area (Å²) >= 11 is 1.03. The van der Waals surface area contributed by atoms with Gasteiger partial charge in [-0.05, 0) is 25.1 Å². The van der Waals surface area contributed by atoms with Crippen LogP contribution in [0.5, 0.6) is 5.75 Å². The Kier molecular flexibility index (Phi) is 6.47. The highest BCUT2D eigenvalue weighted by Crippen LogP contribution is 2.25. The summed E-state index contributed by atoms with van der Waals surface area (Å²) in [5.41, 5.74) is 0.625. The Labute approximate surface area is 174 Å². The van der Waals surface area contributed by atoms with E-state index in [1.165, 1.54) is 24.3 Å². The van der Waals surface area contributed by atoms with Crippen molar-refractivity contribution in [3.8, 4) is 5.75 Å². The topological polar surface area (TPSA) is 138 Å². The molecular formula is C18H17FN6O4S. The molecule has 0 unspecified atom stereocenters. The number of benzene rings is 2. The summed E-state index contributed by atoms with van der Waals surface area (Å²) in [5, 5.41) is 21.7. The van der Waals surface area contributed by atoms with Gasteiger partial charge in [0.15, 0.2) is 17.4 Å². The molecule has 0 aliphatic heterocycles. The van der Waals surface area contributed by atoms with Crippen LogP contribution in [-0.4, -0.2) is 31.5 Å². The second-order valence-electron chi connectivity index (χ2n) is 6.03. The van der Waals surface area contributed by atoms with Crippen LogP contribution in [0.4, 0.5) is 15.8 Å². The fourth-order valence-electron chi connectivity index (χ4n) is 2.48. The van der Waals surface area contributed by atoms with Crippen molar-refractivity contribution < 1.29 is 18.8 Å². The monoisotopic (exact) mass is 432 g/mol. The van der Waals surface area contributed by atoms with E-state index >= 15 is 0 Å². The average molecular weight is 432 g/mol. The SMILES string of the molecule is Cc1c(NC(=O)CSc2nnc(COc3ccccc3F)n2N)cccc1[N+](=O)[O-]. The number of nitrogens with one attached hydrogen (secondary N) is 1. The third kappa shape index (κ3) is 4.84. The fourth-order valence-corrected chi connectivity index (χ4v) is 3.16. The highest BCUT2D eigenvalue weighted by Gasteiger charge is 2.17. The molecule has 3 aromatic rings. The van der Waals surface area contributed by atoms with Gasteiger partial charge in [0.05, 0.1) is 21.9 Å². The van der Waals surface area contributed by atoms with Gasteiger partial charge in [0.2, 0.25) is 11.1 Å². The lowest BCUT2D eigenvalue weighted by Gasteiger charge is -2.09. The molecule has 1 amide bonds. The number of nitrogens with two attached hydrogens (primary N) is 1. The maximum atomic E-state index is 13.6. The van der Waals surface area contributed by atoms with Gasteiger partial charge in [-0.25, -0.2) is 9.07 Å². The number of anilines is 1. The number of nitro benzene ring substituents is 1. The van der Waals surface area contributed by atoms with E-state index in [0.717, 1.165) is 16.4 Å². The molecular weight excluding hydrogens is 415 g/mol. The number of hydrogen-bond donors (Lipinski definition) is 2. The van der Waals surface area contributed by atoms with Crippen molar-refractivity contribution in [1.29, 1.82) is 0 Å². The van der Waals surface area contributed by atoms with Gasteiger partial charge in [-0.2, -0.15) is 0 Å². The van der Waals surface area contributed by atoms with Crippen LogP contribution in [-0.2, 0) is 11.4 Å². The van der Waals surface area contributed by atoms with Crippen LogP contribution in [0, 0.1) is 22.9 Å². The molecule has 0 fully saturated rings. The molecule has 2 aromatic carbocycles. The lowest BCUT2D eigenvalue weighted by atomic mass is 10.1. The molecule has 156 valence electrons. The maximum Gasteiger partial charge on any atom is 0.274 e. The Hall–Kier alpha value is -3.67. The number of ether oxygens (including phenoxy) is 1. The minimum absolute atomic E-state index is 0.0500. The Morgan fingerprint density at radius 3 is 2.80 bits per heavy atom. The second kappa shape index (κ2) is 9.22. The zero-order chi connectivity index (χ0) is 21.7. The summed E-state index contributed by atoms with van der Waals surface area (Å²) in [5.74, 6) is 5.26. The van der Waals surface area contributed by atoms with Gasteiger partial charge < -0.3 is 15.9 Å². The Morgan fingerprint density at radius 1 is 1.30 bits per heavy atom. The minimum Gasteiger partial charge on any atom is -0.482 e. The molecule has 0 saturated heterocycles. The molecule has 30 heavy (non-hydrogen) atoms. The van der Waals surface area contributed by atoms with E-state index < -0.39 is 16.6 Å². The number of hydrogen-bond acceptors (Lipinski definition) is 8. The maximum absolute atomic E-state index is 13.6. The quantitative estimate of drug-likeness (QED) is 0.240. The van der Waals surface area contributed by atoms with E-state index in [1.54, 1.807) is 25.1 Å². The summed E-state index contributed by atoms with van der Waals surface area (Å²) in [6.07, 6.45) is 0. The van der Waals surface area contributed by atoms with Crippen LogP contribution < -0.4 is 15.9 Å². The van der Waals surface area contributed by atoms with E-state index in [2.05, 4.69) is 15.5 Å². The van der Waals surface area contributed by atoms with Gasteiger partial charge in [0.1, 0.15) is 6.61 Å². The van der Waals surface area contributed by atoms with E-state index in [4.69, 9.17) is 10.6 Å². The lowest BCUT2D eigenvalue weighted by Crippen LogP contribution is -2.18. The van der Waals surface area contributed by atoms with Crippen molar-refractivity contribution in [2.75, 3.05) is 16.9 Å². The van der Waals surface area contributed by atoms with Gasteiger partial charge in [0.25, 0.3) is 5.69 Å². The number of para-hydroxylation sites is 1. The first-order valence-electron chi connectivity index (χ1n) is 8.60. The van der Waals surface area contributed by atoms with Gasteiger partial charge in [-0.1, -0.05) is 30.0 Å². The molecule has 0 bridgehead atoms. The molecule has 1 heterocycles. The van der Waals surface area contributed by atoms with Gasteiger partial charge >= 0.3 is 0 Å². The van der Waals surface area contributed by atoms with Crippen molar-refractivity contribution in [2.24, 2.45) is 0 Å². The van der Waals surface area contributed by atoms with E-state index in [-0.39, 0.29) is 34.8 Å². The van der Waals surface area contributed by atoms with Crippen LogP contribution in [0.2, 0.25) is 0 Å². The van der Waals surface area contributed by atoms with Crippen molar-refractivity contribution in [2.45, 2.75) is 18.7 Å². The predicted octanol–water partition coefficient (Wildman–Crippen LogP) is 2.66. The molecule has 0 spiro atoms. The van der Waals surface area contributed by atoms with Crippen LogP contribution in [0.1, 0.15) is 11.4 Å². The number of carbonyl (C=O) groups excluding carboxylic acids is 1. The van der Waals surface area contributed by atoms with Crippen LogP contribution in [0.3, 0.4) is 0 Å². The average Bonchev–Trinajstić information content (AvgIpc) is 3.07. The van der Waals surface area contributed by atoms with Crippen molar-refractivity contribution in [3.05, 3.63) is 69.8 Å². The number of nitrogen functional groups attached to an aromatic ring is 1. The molecule has 3 rings (SSSR count). The summed E-state index contributed by atoms with van der Waals surface area (Å²) in [6.45, 7) is 1.45. The molecule has 0 aliphatic carbocycles. The largest absolute Gasteiger partial charge is 0.482 e. The predicted molar refractivity (Wildman–Crippen MR) is 108 cm³/mol. The van der Waals surface area contributed by atoms with Gasteiger partial charge in [-0.15, -0.1) is 10.2 Å². The van der Waals surface area contributed by atoms with Gasteiger partial charge in [-0.3, -0.25) is 14.9 Å². The Morgan fingerprint density at radius 2 is 2.07 bits per heavy atom. The first-order valence-corrected chi connectivity index (χ1v) is 9.58. The van der Waals surface area contributed by atoms with Crippen molar-refractivity contribution >= 4 is 29.0 Å². The zero-order valence-electron chi connectivity index (χ0n) is 15.7. The van der Waals surface area contributed by atoms with Crippen LogP contribution in [0.15, 0.2) is 47.6 Å². The summed E-state index contributed by atoms with van der Waals surface area (Å²) in [4.78, 5) is 22.7. The minimum atomic E-state index is -0.512. The molecule has 1 aromatic heterocycles. The molecule has 0 saturated carbocycles. The number of thioether (sulfide) groups is 1. The Balaban J connectivity index is 1.58. The summed E-state index contributed by atoms with van der Waals surface area (Å²) in [6, 6.07) is 10.4. The number of amides is 1. The molecule has 3 N–H and O–H groups in total. The number of carbonyl (C=O) groups is 1. The number of nitrogens with zero attached hydrogens (tertiary/aromatic N) is 4. The highest BCUT2D eigenvalue weighted by molar-refractivity contribution is 7.99. The fraction of sp³-hybridized carbons (Fsp3) is 0.167. The number of rotatable bonds is 8. The molecule has 0 radical (unpaired) electrons. The number of nitro groups is 1. The summed E-state index contributed by atoms with van der Waals surface area (Å²) in [7, 11) is 0. The van der Waals surface area contributed by atoms with Gasteiger partial charge in [0, 0.05) is 6.07 Å². The first-order chi connectivity index (χ1) is 14.4. The zero-order valence-corrected chi connectivity index (χ0v) is 16.6. The standard InChI is InChI=1S/C18H17FN6O4S/c1-11-13(6-4-7-14(11)25(27)28)21-17(26)10-30-18-23-22-16(24(18)20)9-29-15-8-3-2-5-12(15)19/h2-8H,9-10,20H2,1H3,(H,21,26). The normalized spacial score (nSPS) is 10.6. The van der Waals surface area contributed by atoms with E-state index in [9.17, 15) is 19.3 Å². The third-order valence-corrected chi connectivity index (χ3v) is 4.98. The van der Waals surface area contributed by atoms with E-state index in [0.29, 0.717) is 11.3 Å². The molecule has 0 atom stereocenters. The van der Waals surface area contributed by atoms with Crippen LogP contribution >= 0.6 is 11.8 Å². The van der Waals surface area contributed by atoms with Crippen LogP contribution in [0.25, 0.3) is 0 Å². The number of halogens is 1. The number of aromatic nitrogens is 3. The third-order valence-electron chi connectivity index (χ3n) is 4.04. The second-order valence-corrected chi connectivity index (χ2v) is 6.97. The first kappa shape index (κ1) is 21.0. The molecule has 10 nitrogen and oxygen atoms in total. The summed E-state index contributed by atoms with van der Waals surface area (Å²) < 4.78 is 20.1.